The lowest BCUT2D eigenvalue weighted by atomic mass is 10.3. The summed E-state index contributed by atoms with van der Waals surface area (Å²) in [7, 11) is 0. The van der Waals surface area contributed by atoms with Crippen LogP contribution in [0, 0.1) is 11.3 Å². The number of nitrogens with one attached hydrogen (secondary N) is 2. The molecule has 2 amide bonds. The molecule has 0 saturated carbocycles. The topological polar surface area (TPSA) is 74.1 Å². The van der Waals surface area contributed by atoms with Crippen molar-refractivity contribution in [2.24, 2.45) is 0 Å². The summed E-state index contributed by atoms with van der Waals surface area (Å²) in [4.78, 5) is 12.0. The number of anilines is 2. The Morgan fingerprint density at radius 2 is 1.83 bits per heavy atom. The van der Waals surface area contributed by atoms with Crippen LogP contribution in [0.15, 0.2) is 42.5 Å². The van der Waals surface area contributed by atoms with Crippen LogP contribution in [0.25, 0.3) is 0 Å². The number of urea groups is 1. The van der Waals surface area contributed by atoms with Crippen LogP contribution in [-0.2, 0) is 0 Å². The first-order valence-corrected chi connectivity index (χ1v) is 7.97. The van der Waals surface area contributed by atoms with Gasteiger partial charge in [-0.2, -0.15) is 5.26 Å². The largest absolute Gasteiger partial charge is 0.493 e. The number of benzene rings is 2. The summed E-state index contributed by atoms with van der Waals surface area (Å²) in [5.74, 6) is 0.625. The van der Waals surface area contributed by atoms with Crippen LogP contribution in [0.1, 0.15) is 12.8 Å². The number of rotatable bonds is 6. The monoisotopic (exact) mass is 363 g/mol. The molecule has 2 aromatic rings. The Hall–Kier alpha value is -2.42. The molecule has 7 heteroatoms. The van der Waals surface area contributed by atoms with Crippen LogP contribution in [-0.4, -0.2) is 12.6 Å². The van der Waals surface area contributed by atoms with E-state index in [0.717, 1.165) is 0 Å². The summed E-state index contributed by atoms with van der Waals surface area (Å²) in [6, 6.07) is 13.5. The van der Waals surface area contributed by atoms with Crippen LogP contribution in [0.5, 0.6) is 5.75 Å². The van der Waals surface area contributed by atoms with Gasteiger partial charge in [-0.1, -0.05) is 29.3 Å². The minimum absolute atomic E-state index is 0.363. The van der Waals surface area contributed by atoms with Crippen LogP contribution in [0.3, 0.4) is 0 Å². The maximum absolute atomic E-state index is 12.0. The maximum atomic E-state index is 12.0. The van der Waals surface area contributed by atoms with Crippen molar-refractivity contribution in [3.8, 4) is 11.8 Å². The second-order valence-corrected chi connectivity index (χ2v) is 5.66. The zero-order valence-corrected chi connectivity index (χ0v) is 14.2. The minimum atomic E-state index is -0.407. The fraction of sp³-hybridized carbons (Fsp3) is 0.176. The highest BCUT2D eigenvalue weighted by Crippen LogP contribution is 2.25. The SMILES string of the molecule is N#CCCCOc1cccc(NC(=O)Nc2ccc(Cl)c(Cl)c2)c1. The van der Waals surface area contributed by atoms with Crippen molar-refractivity contribution < 1.29 is 9.53 Å². The van der Waals surface area contributed by atoms with Gasteiger partial charge in [0.25, 0.3) is 0 Å². The number of amides is 2. The van der Waals surface area contributed by atoms with Gasteiger partial charge in [-0.15, -0.1) is 0 Å². The molecule has 0 aliphatic rings. The van der Waals surface area contributed by atoms with E-state index < -0.39 is 6.03 Å². The summed E-state index contributed by atoms with van der Waals surface area (Å²) >= 11 is 11.7. The first kappa shape index (κ1) is 17.9. The molecule has 0 bridgehead atoms. The van der Waals surface area contributed by atoms with Gasteiger partial charge in [0, 0.05) is 23.9 Å². The lowest BCUT2D eigenvalue weighted by Gasteiger charge is -2.10. The van der Waals surface area contributed by atoms with Crippen LogP contribution < -0.4 is 15.4 Å². The molecule has 0 aliphatic carbocycles. The summed E-state index contributed by atoms with van der Waals surface area (Å²) in [5, 5.41) is 14.6. The van der Waals surface area contributed by atoms with Crippen LogP contribution in [0.4, 0.5) is 16.2 Å². The van der Waals surface area contributed by atoms with Crippen LogP contribution in [0.2, 0.25) is 10.0 Å². The van der Waals surface area contributed by atoms with Crippen molar-refractivity contribution >= 4 is 40.6 Å². The van der Waals surface area contributed by atoms with Gasteiger partial charge in [-0.05, 0) is 36.8 Å². The fourth-order valence-electron chi connectivity index (χ4n) is 1.87. The molecule has 0 radical (unpaired) electrons. The molecule has 2 N–H and O–H groups in total. The Bertz CT molecular complexity index is 760. The third-order valence-electron chi connectivity index (χ3n) is 2.97. The smallest absolute Gasteiger partial charge is 0.323 e. The number of carbonyl (C=O) groups excluding carboxylic acids is 1. The van der Waals surface area contributed by atoms with Gasteiger partial charge >= 0.3 is 6.03 Å². The van der Waals surface area contributed by atoms with E-state index in [-0.39, 0.29) is 0 Å². The van der Waals surface area contributed by atoms with Gasteiger partial charge in [0.1, 0.15) is 5.75 Å². The molecule has 0 heterocycles. The number of hydrogen-bond donors (Lipinski definition) is 2. The Kier molecular flexibility index (Phi) is 6.74. The molecule has 0 aliphatic heterocycles. The van der Waals surface area contributed by atoms with Gasteiger partial charge in [-0.3, -0.25) is 0 Å². The van der Waals surface area contributed by atoms with E-state index in [1.54, 1.807) is 42.5 Å². The zero-order valence-electron chi connectivity index (χ0n) is 12.7. The molecule has 0 saturated heterocycles. The minimum Gasteiger partial charge on any atom is -0.493 e. The van der Waals surface area contributed by atoms with E-state index in [1.165, 1.54) is 0 Å². The Morgan fingerprint density at radius 1 is 1.08 bits per heavy atom. The number of nitrogens with zero attached hydrogens (tertiary/aromatic N) is 1. The Balaban J connectivity index is 1.91. The molecule has 0 atom stereocenters. The fourth-order valence-corrected chi connectivity index (χ4v) is 2.17. The normalized spacial score (nSPS) is 9.88. The number of unbranched alkanes of at least 4 members (excludes halogenated alkanes) is 1. The number of carbonyl (C=O) groups is 1. The van der Waals surface area contributed by atoms with Gasteiger partial charge in [0.2, 0.25) is 0 Å². The summed E-state index contributed by atoms with van der Waals surface area (Å²) < 4.78 is 5.52. The predicted molar refractivity (Wildman–Crippen MR) is 95.9 cm³/mol. The molecule has 0 aromatic heterocycles. The second kappa shape index (κ2) is 9.02. The van der Waals surface area contributed by atoms with Crippen molar-refractivity contribution in [3.05, 3.63) is 52.5 Å². The van der Waals surface area contributed by atoms with Crippen molar-refractivity contribution in [3.63, 3.8) is 0 Å². The van der Waals surface area contributed by atoms with E-state index >= 15 is 0 Å². The molecular formula is C17H15Cl2N3O2. The highest BCUT2D eigenvalue weighted by Gasteiger charge is 2.06. The lowest BCUT2D eigenvalue weighted by molar-refractivity contribution is 0.262. The molecular weight excluding hydrogens is 349 g/mol. The number of hydrogen-bond acceptors (Lipinski definition) is 3. The number of ether oxygens (including phenoxy) is 1. The average Bonchev–Trinajstić information content (AvgIpc) is 2.55. The van der Waals surface area contributed by atoms with Crippen molar-refractivity contribution in [1.29, 1.82) is 5.26 Å². The number of nitriles is 1. The molecule has 5 nitrogen and oxygen atoms in total. The molecule has 124 valence electrons. The summed E-state index contributed by atoms with van der Waals surface area (Å²) in [6.07, 6.45) is 1.11. The second-order valence-electron chi connectivity index (χ2n) is 4.85. The Morgan fingerprint density at radius 3 is 2.54 bits per heavy atom. The quantitative estimate of drug-likeness (QED) is 0.681. The molecule has 0 spiro atoms. The highest BCUT2D eigenvalue weighted by atomic mass is 35.5. The highest BCUT2D eigenvalue weighted by molar-refractivity contribution is 6.42. The number of halogens is 2. The molecule has 24 heavy (non-hydrogen) atoms. The van der Waals surface area contributed by atoms with Crippen molar-refractivity contribution in [2.45, 2.75) is 12.8 Å². The van der Waals surface area contributed by atoms with E-state index in [4.69, 9.17) is 33.2 Å². The zero-order chi connectivity index (χ0) is 17.4. The molecule has 2 rings (SSSR count). The first-order chi connectivity index (χ1) is 11.6. The standard InChI is InChI=1S/C17H15Cl2N3O2/c18-15-7-6-13(11-16(15)19)22-17(23)21-12-4-3-5-14(10-12)24-9-2-1-8-20/h3-7,10-11H,1-2,9H2,(H2,21,22,23). The third kappa shape index (κ3) is 5.65. The van der Waals surface area contributed by atoms with E-state index in [0.29, 0.717) is 46.6 Å². The van der Waals surface area contributed by atoms with Crippen LogP contribution >= 0.6 is 23.2 Å². The Labute approximate surface area is 150 Å². The van der Waals surface area contributed by atoms with E-state index in [9.17, 15) is 4.79 Å². The lowest BCUT2D eigenvalue weighted by Crippen LogP contribution is -2.19. The maximum Gasteiger partial charge on any atom is 0.323 e. The van der Waals surface area contributed by atoms with Gasteiger partial charge in [0.05, 0.1) is 22.7 Å². The molecule has 0 fully saturated rings. The van der Waals surface area contributed by atoms with E-state index in [2.05, 4.69) is 16.7 Å². The van der Waals surface area contributed by atoms with E-state index in [1.807, 2.05) is 0 Å². The van der Waals surface area contributed by atoms with Crippen molar-refractivity contribution in [2.75, 3.05) is 17.2 Å². The third-order valence-corrected chi connectivity index (χ3v) is 3.71. The first-order valence-electron chi connectivity index (χ1n) is 7.21. The van der Waals surface area contributed by atoms with Gasteiger partial charge in [0.15, 0.2) is 0 Å². The predicted octanol–water partition coefficient (Wildman–Crippen LogP) is 5.32. The summed E-state index contributed by atoms with van der Waals surface area (Å²) in [5.41, 5.74) is 1.12. The molecule has 0 unspecified atom stereocenters. The molecule has 2 aromatic carbocycles. The summed E-state index contributed by atoms with van der Waals surface area (Å²) in [6.45, 7) is 0.451. The van der Waals surface area contributed by atoms with Gasteiger partial charge < -0.3 is 15.4 Å². The van der Waals surface area contributed by atoms with Crippen molar-refractivity contribution in [1.82, 2.24) is 0 Å². The average molecular weight is 364 g/mol. The van der Waals surface area contributed by atoms with Gasteiger partial charge in [-0.25, -0.2) is 4.79 Å².